The molecular formula is C9H9NS2. The van der Waals surface area contributed by atoms with Crippen molar-refractivity contribution in [2.45, 2.75) is 4.90 Å². The lowest BCUT2D eigenvalue weighted by molar-refractivity contribution is 0.958. The molecule has 1 heterocycles. The van der Waals surface area contributed by atoms with Crippen molar-refractivity contribution in [3.63, 3.8) is 0 Å². The molecule has 0 fully saturated rings. The van der Waals surface area contributed by atoms with Crippen LogP contribution in [0, 0.1) is 0 Å². The monoisotopic (exact) mass is 195 g/mol. The Bertz CT molecular complexity index is 406. The summed E-state index contributed by atoms with van der Waals surface area (Å²) in [5.74, 6) is 0. The highest BCUT2D eigenvalue weighted by Gasteiger charge is 2.03. The van der Waals surface area contributed by atoms with Gasteiger partial charge in [-0.05, 0) is 6.07 Å². The topological polar surface area (TPSA) is 4.93 Å². The number of hydrogen-bond acceptors (Lipinski definition) is 2. The van der Waals surface area contributed by atoms with Crippen LogP contribution in [-0.4, -0.2) is 4.57 Å². The first-order chi connectivity index (χ1) is 5.83. The summed E-state index contributed by atoms with van der Waals surface area (Å²) in [5.41, 5.74) is 1.26. The molecule has 0 spiro atoms. The standard InChI is InChI=1S/C9H9NS2/c1-10-6-9(12-11)7-4-2-3-5-8(7)10/h2-6,11H,1H3. The van der Waals surface area contributed by atoms with Crippen molar-refractivity contribution in [1.29, 1.82) is 0 Å². The Labute approximate surface area is 80.6 Å². The van der Waals surface area contributed by atoms with Gasteiger partial charge in [0.15, 0.2) is 0 Å². The van der Waals surface area contributed by atoms with Gasteiger partial charge in [0.05, 0.1) is 0 Å². The van der Waals surface area contributed by atoms with E-state index in [9.17, 15) is 0 Å². The molecule has 1 aromatic heterocycles. The molecule has 0 bridgehead atoms. The summed E-state index contributed by atoms with van der Waals surface area (Å²) < 4.78 is 2.12. The van der Waals surface area contributed by atoms with Gasteiger partial charge in [0.1, 0.15) is 0 Å². The summed E-state index contributed by atoms with van der Waals surface area (Å²) in [6.45, 7) is 0. The summed E-state index contributed by atoms with van der Waals surface area (Å²) in [4.78, 5) is 1.22. The second kappa shape index (κ2) is 3.07. The van der Waals surface area contributed by atoms with Crippen LogP contribution in [0.4, 0.5) is 0 Å². The number of hydrogen-bond donors (Lipinski definition) is 1. The van der Waals surface area contributed by atoms with Crippen molar-refractivity contribution in [2.75, 3.05) is 0 Å². The molecule has 0 N–H and O–H groups in total. The third kappa shape index (κ3) is 1.13. The number of fused-ring (bicyclic) bond motifs is 1. The number of thiol groups is 1. The van der Waals surface area contributed by atoms with E-state index in [2.05, 4.69) is 53.7 Å². The molecule has 0 unspecified atom stereocenters. The molecule has 0 atom stereocenters. The molecule has 1 aromatic carbocycles. The first kappa shape index (κ1) is 8.08. The second-order valence-corrected chi connectivity index (χ2v) is 3.88. The Morgan fingerprint density at radius 2 is 2.08 bits per heavy atom. The third-order valence-corrected chi connectivity index (χ3v) is 3.07. The van der Waals surface area contributed by atoms with Crippen molar-refractivity contribution in [3.8, 4) is 0 Å². The van der Waals surface area contributed by atoms with Gasteiger partial charge in [0, 0.05) is 29.0 Å². The van der Waals surface area contributed by atoms with Crippen molar-refractivity contribution >= 4 is 33.4 Å². The van der Waals surface area contributed by atoms with Gasteiger partial charge in [-0.2, -0.15) is 0 Å². The molecule has 0 radical (unpaired) electrons. The van der Waals surface area contributed by atoms with Gasteiger partial charge < -0.3 is 4.57 Å². The van der Waals surface area contributed by atoms with Crippen LogP contribution in [0.3, 0.4) is 0 Å². The zero-order valence-electron chi connectivity index (χ0n) is 6.69. The van der Waals surface area contributed by atoms with Gasteiger partial charge in [-0.3, -0.25) is 0 Å². The Morgan fingerprint density at radius 3 is 2.83 bits per heavy atom. The van der Waals surface area contributed by atoms with Crippen molar-refractivity contribution in [3.05, 3.63) is 30.5 Å². The van der Waals surface area contributed by atoms with Crippen molar-refractivity contribution in [2.24, 2.45) is 7.05 Å². The molecule has 12 heavy (non-hydrogen) atoms. The molecule has 0 aliphatic carbocycles. The normalized spacial score (nSPS) is 10.8. The van der Waals surface area contributed by atoms with Crippen LogP contribution < -0.4 is 0 Å². The molecule has 0 saturated carbocycles. The summed E-state index contributed by atoms with van der Waals surface area (Å²) in [6, 6.07) is 8.34. The molecule has 0 aliphatic heterocycles. The van der Waals surface area contributed by atoms with E-state index >= 15 is 0 Å². The van der Waals surface area contributed by atoms with Gasteiger partial charge in [-0.1, -0.05) is 29.0 Å². The predicted molar refractivity (Wildman–Crippen MR) is 57.8 cm³/mol. The predicted octanol–water partition coefficient (Wildman–Crippen LogP) is 3.12. The average Bonchev–Trinajstić information content (AvgIpc) is 2.44. The first-order valence-electron chi connectivity index (χ1n) is 3.68. The van der Waals surface area contributed by atoms with Gasteiger partial charge >= 0.3 is 0 Å². The Balaban J connectivity index is 2.82. The lowest BCUT2D eigenvalue weighted by Crippen LogP contribution is -1.81. The smallest absolute Gasteiger partial charge is 0.0489 e. The Kier molecular flexibility index (Phi) is 2.07. The molecule has 0 amide bonds. The number of nitrogens with zero attached hydrogens (tertiary/aromatic N) is 1. The van der Waals surface area contributed by atoms with E-state index in [1.807, 2.05) is 0 Å². The molecular weight excluding hydrogens is 186 g/mol. The quantitative estimate of drug-likeness (QED) is 0.541. The minimum Gasteiger partial charge on any atom is -0.349 e. The molecule has 2 aromatic rings. The van der Waals surface area contributed by atoms with E-state index < -0.39 is 0 Å². The summed E-state index contributed by atoms with van der Waals surface area (Å²) in [6.07, 6.45) is 2.10. The summed E-state index contributed by atoms with van der Waals surface area (Å²) >= 11 is 4.20. The largest absolute Gasteiger partial charge is 0.349 e. The fourth-order valence-electron chi connectivity index (χ4n) is 1.38. The van der Waals surface area contributed by atoms with Crippen LogP contribution >= 0.6 is 22.5 Å². The van der Waals surface area contributed by atoms with Crippen LogP contribution in [0.2, 0.25) is 0 Å². The van der Waals surface area contributed by atoms with Crippen LogP contribution in [0.15, 0.2) is 35.4 Å². The van der Waals surface area contributed by atoms with Crippen LogP contribution in [0.5, 0.6) is 0 Å². The zero-order chi connectivity index (χ0) is 8.55. The SMILES string of the molecule is Cn1cc(SS)c2ccccc21. The number of aryl methyl sites for hydroxylation is 1. The zero-order valence-corrected chi connectivity index (χ0v) is 8.40. The van der Waals surface area contributed by atoms with Crippen molar-refractivity contribution < 1.29 is 0 Å². The van der Waals surface area contributed by atoms with E-state index in [1.165, 1.54) is 26.6 Å². The number of benzene rings is 1. The van der Waals surface area contributed by atoms with E-state index in [1.54, 1.807) is 0 Å². The van der Waals surface area contributed by atoms with Crippen LogP contribution in [0.25, 0.3) is 10.9 Å². The van der Waals surface area contributed by atoms with Crippen LogP contribution in [-0.2, 0) is 7.05 Å². The van der Waals surface area contributed by atoms with Gasteiger partial charge in [0.25, 0.3) is 0 Å². The fourth-order valence-corrected chi connectivity index (χ4v) is 2.29. The number of rotatable bonds is 1. The molecule has 2 rings (SSSR count). The maximum absolute atomic E-state index is 4.20. The van der Waals surface area contributed by atoms with Gasteiger partial charge in [-0.15, -0.1) is 11.7 Å². The lowest BCUT2D eigenvalue weighted by Gasteiger charge is -1.92. The highest BCUT2D eigenvalue weighted by molar-refractivity contribution is 8.68. The van der Waals surface area contributed by atoms with Gasteiger partial charge in [0.2, 0.25) is 0 Å². The summed E-state index contributed by atoms with van der Waals surface area (Å²) in [5, 5.41) is 1.28. The van der Waals surface area contributed by atoms with E-state index in [4.69, 9.17) is 0 Å². The maximum Gasteiger partial charge on any atom is 0.0489 e. The third-order valence-electron chi connectivity index (χ3n) is 1.96. The fraction of sp³-hybridized carbons (Fsp3) is 0.111. The Hall–Kier alpha value is -0.540. The van der Waals surface area contributed by atoms with Gasteiger partial charge in [-0.25, -0.2) is 0 Å². The Morgan fingerprint density at radius 1 is 1.33 bits per heavy atom. The maximum atomic E-state index is 4.20. The average molecular weight is 195 g/mol. The highest BCUT2D eigenvalue weighted by atomic mass is 33.1. The molecule has 0 aliphatic rings. The number of para-hydroxylation sites is 1. The first-order valence-corrected chi connectivity index (χ1v) is 5.55. The van der Waals surface area contributed by atoms with E-state index in [0.29, 0.717) is 0 Å². The lowest BCUT2D eigenvalue weighted by atomic mass is 10.2. The molecule has 1 nitrogen and oxygen atoms in total. The molecule has 0 saturated heterocycles. The number of aromatic nitrogens is 1. The van der Waals surface area contributed by atoms with E-state index in [-0.39, 0.29) is 0 Å². The highest BCUT2D eigenvalue weighted by Crippen LogP contribution is 2.30. The minimum atomic E-state index is 1.22. The minimum absolute atomic E-state index is 1.22. The second-order valence-electron chi connectivity index (χ2n) is 2.71. The van der Waals surface area contributed by atoms with Crippen molar-refractivity contribution in [1.82, 2.24) is 4.57 Å². The molecule has 3 heteroatoms. The van der Waals surface area contributed by atoms with E-state index in [0.717, 1.165) is 0 Å². The van der Waals surface area contributed by atoms with Crippen LogP contribution in [0.1, 0.15) is 0 Å². The molecule has 62 valence electrons. The summed E-state index contributed by atoms with van der Waals surface area (Å²) in [7, 11) is 3.54.